The second kappa shape index (κ2) is 6.75. The van der Waals surface area contributed by atoms with E-state index in [9.17, 15) is 9.90 Å². The van der Waals surface area contributed by atoms with Crippen molar-refractivity contribution in [3.05, 3.63) is 29.3 Å². The van der Waals surface area contributed by atoms with Crippen molar-refractivity contribution in [2.24, 2.45) is 0 Å². The maximum atomic E-state index is 11.7. The summed E-state index contributed by atoms with van der Waals surface area (Å²) in [6.07, 6.45) is 0.0326. The zero-order chi connectivity index (χ0) is 13.7. The average molecular weight is 285 g/mol. The Morgan fingerprint density at radius 3 is 2.84 bits per heavy atom. The Labute approximate surface area is 116 Å². The van der Waals surface area contributed by atoms with Crippen LogP contribution < -0.4 is 15.4 Å². The van der Waals surface area contributed by atoms with Gasteiger partial charge in [-0.05, 0) is 30.7 Å². The van der Waals surface area contributed by atoms with E-state index in [2.05, 4.69) is 10.6 Å². The molecule has 0 saturated carbocycles. The fourth-order valence-corrected chi connectivity index (χ4v) is 2.04. The van der Waals surface area contributed by atoms with E-state index in [-0.39, 0.29) is 11.9 Å². The molecule has 1 aliphatic heterocycles. The fourth-order valence-electron chi connectivity index (χ4n) is 1.91. The van der Waals surface area contributed by atoms with Crippen LogP contribution in [0.2, 0.25) is 5.02 Å². The first kappa shape index (κ1) is 14.1. The minimum atomic E-state index is -0.430. The fraction of sp³-hybridized carbons (Fsp3) is 0.462. The molecule has 1 saturated heterocycles. The number of hydrogen-bond donors (Lipinski definition) is 3. The van der Waals surface area contributed by atoms with E-state index in [0.717, 1.165) is 0 Å². The number of carbonyl (C=O) groups excluding carboxylic acids is 1. The number of hydrogen-bond acceptors (Lipinski definition) is 4. The Bertz CT molecular complexity index is 424. The van der Waals surface area contributed by atoms with Crippen molar-refractivity contribution in [3.63, 3.8) is 0 Å². The minimum absolute atomic E-state index is 0.101. The predicted molar refractivity (Wildman–Crippen MR) is 72.4 cm³/mol. The van der Waals surface area contributed by atoms with Gasteiger partial charge < -0.3 is 20.5 Å². The van der Waals surface area contributed by atoms with Crippen molar-refractivity contribution in [2.45, 2.75) is 18.6 Å². The van der Waals surface area contributed by atoms with Gasteiger partial charge in [0.1, 0.15) is 12.4 Å². The highest BCUT2D eigenvalue weighted by atomic mass is 35.5. The van der Waals surface area contributed by atoms with Crippen LogP contribution in [0.4, 0.5) is 0 Å². The molecular formula is C13H17ClN2O3. The van der Waals surface area contributed by atoms with Gasteiger partial charge in [-0.3, -0.25) is 4.79 Å². The average Bonchev–Trinajstić information content (AvgIpc) is 2.83. The SMILES string of the molecule is O=C(NCCOc1ccc(Cl)cc1)C1CC(O)CN1. The van der Waals surface area contributed by atoms with E-state index in [1.165, 1.54) is 0 Å². The van der Waals surface area contributed by atoms with E-state index >= 15 is 0 Å². The van der Waals surface area contributed by atoms with E-state index < -0.39 is 6.10 Å². The highest BCUT2D eigenvalue weighted by Crippen LogP contribution is 2.15. The number of β-amino-alcohol motifs (C(OH)–C–C–N with tert-alkyl or cyclic N) is 1. The standard InChI is InChI=1S/C13H17ClN2O3/c14-9-1-3-11(4-2-9)19-6-5-15-13(18)12-7-10(17)8-16-12/h1-4,10,12,16-17H,5-8H2,(H,15,18). The molecule has 0 spiro atoms. The Morgan fingerprint density at radius 2 is 2.21 bits per heavy atom. The molecule has 1 aromatic rings. The summed E-state index contributed by atoms with van der Waals surface area (Å²) < 4.78 is 5.45. The summed E-state index contributed by atoms with van der Waals surface area (Å²) in [7, 11) is 0. The Morgan fingerprint density at radius 1 is 1.47 bits per heavy atom. The third-order valence-corrected chi connectivity index (χ3v) is 3.16. The molecule has 2 atom stereocenters. The molecule has 104 valence electrons. The number of nitrogens with one attached hydrogen (secondary N) is 2. The van der Waals surface area contributed by atoms with E-state index in [4.69, 9.17) is 16.3 Å². The van der Waals surface area contributed by atoms with Gasteiger partial charge in [-0.15, -0.1) is 0 Å². The van der Waals surface area contributed by atoms with E-state index in [0.29, 0.717) is 36.9 Å². The zero-order valence-corrected chi connectivity index (χ0v) is 11.2. The molecule has 19 heavy (non-hydrogen) atoms. The first-order valence-electron chi connectivity index (χ1n) is 6.22. The third kappa shape index (κ3) is 4.38. The Balaban J connectivity index is 1.64. The summed E-state index contributed by atoms with van der Waals surface area (Å²) in [5.74, 6) is 0.615. The quantitative estimate of drug-likeness (QED) is 0.691. The minimum Gasteiger partial charge on any atom is -0.492 e. The van der Waals surface area contributed by atoms with E-state index in [1.54, 1.807) is 24.3 Å². The second-order valence-corrected chi connectivity index (χ2v) is 4.88. The second-order valence-electron chi connectivity index (χ2n) is 4.44. The van der Waals surface area contributed by atoms with Gasteiger partial charge in [-0.2, -0.15) is 0 Å². The molecule has 0 bridgehead atoms. The topological polar surface area (TPSA) is 70.6 Å². The highest BCUT2D eigenvalue weighted by Gasteiger charge is 2.27. The number of amides is 1. The number of carbonyl (C=O) groups is 1. The maximum absolute atomic E-state index is 11.7. The molecule has 2 rings (SSSR count). The monoisotopic (exact) mass is 284 g/mol. The summed E-state index contributed by atoms with van der Waals surface area (Å²) in [6.45, 7) is 1.29. The smallest absolute Gasteiger partial charge is 0.237 e. The van der Waals surface area contributed by atoms with Crippen LogP contribution in [0.3, 0.4) is 0 Å². The maximum Gasteiger partial charge on any atom is 0.237 e. The number of halogens is 1. The molecule has 0 aliphatic carbocycles. The molecule has 1 amide bonds. The van der Waals surface area contributed by atoms with Crippen LogP contribution in [-0.4, -0.2) is 42.9 Å². The molecule has 1 aromatic carbocycles. The van der Waals surface area contributed by atoms with Gasteiger partial charge in [0.05, 0.1) is 18.7 Å². The molecule has 0 radical (unpaired) electrons. The number of rotatable bonds is 5. The largest absolute Gasteiger partial charge is 0.492 e. The molecule has 6 heteroatoms. The van der Waals surface area contributed by atoms with Gasteiger partial charge in [0.15, 0.2) is 0 Å². The number of ether oxygens (including phenoxy) is 1. The molecule has 2 unspecified atom stereocenters. The lowest BCUT2D eigenvalue weighted by molar-refractivity contribution is -0.123. The number of aliphatic hydroxyl groups is 1. The van der Waals surface area contributed by atoms with Crippen molar-refractivity contribution in [1.29, 1.82) is 0 Å². The van der Waals surface area contributed by atoms with Gasteiger partial charge >= 0.3 is 0 Å². The van der Waals surface area contributed by atoms with Crippen molar-refractivity contribution in [3.8, 4) is 5.75 Å². The van der Waals surface area contributed by atoms with Crippen LogP contribution in [0, 0.1) is 0 Å². The summed E-state index contributed by atoms with van der Waals surface area (Å²) in [5.41, 5.74) is 0. The molecule has 3 N–H and O–H groups in total. The Kier molecular flexibility index (Phi) is 5.01. The highest BCUT2D eigenvalue weighted by molar-refractivity contribution is 6.30. The Hall–Kier alpha value is -1.30. The summed E-state index contributed by atoms with van der Waals surface area (Å²) in [5, 5.41) is 15.7. The van der Waals surface area contributed by atoms with E-state index in [1.807, 2.05) is 0 Å². The summed E-state index contributed by atoms with van der Waals surface area (Å²) >= 11 is 5.76. The van der Waals surface area contributed by atoms with Gasteiger partial charge in [0, 0.05) is 11.6 Å². The summed E-state index contributed by atoms with van der Waals surface area (Å²) in [4.78, 5) is 11.7. The van der Waals surface area contributed by atoms with Gasteiger partial charge in [-0.1, -0.05) is 11.6 Å². The normalized spacial score (nSPS) is 22.2. The summed E-state index contributed by atoms with van der Waals surface area (Å²) in [6, 6.07) is 6.75. The molecule has 5 nitrogen and oxygen atoms in total. The molecule has 0 aromatic heterocycles. The number of benzene rings is 1. The molecule has 1 fully saturated rings. The van der Waals surface area contributed by atoms with Crippen LogP contribution in [0.25, 0.3) is 0 Å². The lowest BCUT2D eigenvalue weighted by Crippen LogP contribution is -2.41. The van der Waals surface area contributed by atoms with Gasteiger partial charge in [-0.25, -0.2) is 0 Å². The van der Waals surface area contributed by atoms with Crippen LogP contribution in [-0.2, 0) is 4.79 Å². The first-order valence-corrected chi connectivity index (χ1v) is 6.60. The third-order valence-electron chi connectivity index (χ3n) is 2.91. The lowest BCUT2D eigenvalue weighted by Gasteiger charge is -2.11. The number of aliphatic hydroxyl groups excluding tert-OH is 1. The van der Waals surface area contributed by atoms with Gasteiger partial charge in [0.2, 0.25) is 5.91 Å². The lowest BCUT2D eigenvalue weighted by atomic mass is 10.2. The van der Waals surface area contributed by atoms with Crippen molar-refractivity contribution < 1.29 is 14.6 Å². The van der Waals surface area contributed by atoms with Gasteiger partial charge in [0.25, 0.3) is 0 Å². The zero-order valence-electron chi connectivity index (χ0n) is 10.4. The first-order chi connectivity index (χ1) is 9.15. The van der Waals surface area contributed by atoms with Crippen LogP contribution >= 0.6 is 11.6 Å². The van der Waals surface area contributed by atoms with Crippen molar-refractivity contribution >= 4 is 17.5 Å². The molecule has 1 aliphatic rings. The van der Waals surface area contributed by atoms with Crippen LogP contribution in [0.1, 0.15) is 6.42 Å². The van der Waals surface area contributed by atoms with Crippen LogP contribution in [0.15, 0.2) is 24.3 Å². The molecular weight excluding hydrogens is 268 g/mol. The van der Waals surface area contributed by atoms with Crippen molar-refractivity contribution in [2.75, 3.05) is 19.7 Å². The van der Waals surface area contributed by atoms with Crippen LogP contribution in [0.5, 0.6) is 5.75 Å². The van der Waals surface area contributed by atoms with Crippen molar-refractivity contribution in [1.82, 2.24) is 10.6 Å². The predicted octanol–water partition coefficient (Wildman–Crippen LogP) is 0.558. The molecule has 1 heterocycles.